The molecule has 4 aromatic carbocycles. The molecule has 0 aromatic heterocycles. The maximum atomic E-state index is 4.24. The number of rotatable bonds is 4. The molecule has 0 N–H and O–H groups in total. The van der Waals surface area contributed by atoms with Crippen LogP contribution >= 0.6 is 40.1 Å². The van der Waals surface area contributed by atoms with E-state index in [0.29, 0.717) is 0 Å². The van der Waals surface area contributed by atoms with Gasteiger partial charge in [-0.05, 0) is 64.2 Å². The lowest BCUT2D eigenvalue weighted by atomic mass is 9.93. The summed E-state index contributed by atoms with van der Waals surface area (Å²) in [7, 11) is 1.04. The second kappa shape index (κ2) is 8.10. The second-order valence-corrected chi connectivity index (χ2v) is 9.05. The van der Waals surface area contributed by atoms with E-state index in [1.807, 2.05) is 0 Å². The van der Waals surface area contributed by atoms with E-state index in [1.54, 1.807) is 0 Å². The summed E-state index contributed by atoms with van der Waals surface area (Å²) in [4.78, 5) is 0. The van der Waals surface area contributed by atoms with E-state index < -0.39 is 0 Å². The van der Waals surface area contributed by atoms with Crippen LogP contribution in [0.4, 0.5) is 0 Å². The molecule has 132 valence electrons. The molecule has 0 bridgehead atoms. The summed E-state index contributed by atoms with van der Waals surface area (Å²) in [5, 5.41) is 3.83. The summed E-state index contributed by atoms with van der Waals surface area (Å²) in [6.45, 7) is 0. The number of benzene rings is 4. The molecular formula is C24H17Br2P. The summed E-state index contributed by atoms with van der Waals surface area (Å²) < 4.78 is 2.20. The number of hydrogen-bond acceptors (Lipinski definition) is 0. The molecule has 0 amide bonds. The average molecular weight is 496 g/mol. The Balaban J connectivity index is 1.98. The maximum absolute atomic E-state index is 4.24. The first-order valence-electron chi connectivity index (χ1n) is 8.67. The van der Waals surface area contributed by atoms with Gasteiger partial charge < -0.3 is 0 Å². The van der Waals surface area contributed by atoms with Crippen molar-refractivity contribution in [2.75, 3.05) is 0 Å². The van der Waals surface area contributed by atoms with Crippen molar-refractivity contribution >= 4 is 62.4 Å². The maximum Gasteiger partial charge on any atom is 0.0181 e. The molecule has 0 aliphatic heterocycles. The highest BCUT2D eigenvalue weighted by atomic mass is 79.9. The third-order valence-electron chi connectivity index (χ3n) is 4.68. The molecule has 0 nitrogen and oxygen atoms in total. The van der Waals surface area contributed by atoms with Gasteiger partial charge in [-0.2, -0.15) is 0 Å². The van der Waals surface area contributed by atoms with Gasteiger partial charge in [0.15, 0.2) is 0 Å². The van der Waals surface area contributed by atoms with Gasteiger partial charge in [0.2, 0.25) is 0 Å². The summed E-state index contributed by atoms with van der Waals surface area (Å²) in [5.74, 6) is 0. The Morgan fingerprint density at radius 2 is 1.48 bits per heavy atom. The van der Waals surface area contributed by atoms with Gasteiger partial charge in [0, 0.05) is 19.8 Å². The van der Waals surface area contributed by atoms with Gasteiger partial charge in [0.25, 0.3) is 0 Å². The van der Waals surface area contributed by atoms with Crippen molar-refractivity contribution in [3.63, 3.8) is 0 Å². The molecule has 0 radical (unpaired) electrons. The van der Waals surface area contributed by atoms with Crippen molar-refractivity contribution in [2.24, 2.45) is 0 Å². The highest BCUT2D eigenvalue weighted by Gasteiger charge is 2.14. The first kappa shape index (κ1) is 18.6. The lowest BCUT2D eigenvalue weighted by Gasteiger charge is -2.16. The van der Waals surface area contributed by atoms with E-state index in [1.165, 1.54) is 38.3 Å². The van der Waals surface area contributed by atoms with Crippen LogP contribution < -0.4 is 5.30 Å². The van der Waals surface area contributed by atoms with Crippen LogP contribution in [0, 0.1) is 0 Å². The van der Waals surface area contributed by atoms with E-state index in [-0.39, 0.29) is 0 Å². The van der Waals surface area contributed by atoms with Crippen molar-refractivity contribution in [3.05, 3.63) is 98.9 Å². The minimum Gasteiger partial charge on any atom is -0.0754 e. The zero-order valence-corrected chi connectivity index (χ0v) is 18.7. The Bertz CT molecular complexity index is 1120. The third-order valence-corrected chi connectivity index (χ3v) is 6.53. The van der Waals surface area contributed by atoms with Crippen molar-refractivity contribution in [2.45, 2.75) is 6.42 Å². The molecule has 0 saturated carbocycles. The van der Waals surface area contributed by atoms with Crippen molar-refractivity contribution in [1.29, 1.82) is 0 Å². The fraction of sp³-hybridized carbons (Fsp3) is 0.0417. The Morgan fingerprint density at radius 3 is 2.19 bits per heavy atom. The molecular weight excluding hydrogens is 479 g/mol. The van der Waals surface area contributed by atoms with Crippen LogP contribution in [-0.2, 0) is 6.42 Å². The molecule has 27 heavy (non-hydrogen) atoms. The smallest absolute Gasteiger partial charge is 0.0181 e. The lowest BCUT2D eigenvalue weighted by molar-refractivity contribution is 1.21. The predicted molar refractivity (Wildman–Crippen MR) is 128 cm³/mol. The van der Waals surface area contributed by atoms with E-state index in [2.05, 4.69) is 117 Å². The minimum atomic E-state index is 0.900. The molecule has 0 aliphatic rings. The second-order valence-electron chi connectivity index (χ2n) is 6.45. The van der Waals surface area contributed by atoms with Crippen LogP contribution in [0.2, 0.25) is 0 Å². The van der Waals surface area contributed by atoms with Crippen LogP contribution in [0.3, 0.4) is 0 Å². The average Bonchev–Trinajstić information content (AvgIpc) is 2.69. The Hall–Kier alpha value is -1.73. The SMILES string of the molecule is C=Pc1c(Cc2ccc(Br)cc2)cc2ccc(Br)cc2c1-c1ccccc1. The number of halogens is 2. The first-order valence-corrected chi connectivity index (χ1v) is 11.3. The van der Waals surface area contributed by atoms with Crippen LogP contribution in [0.5, 0.6) is 0 Å². The fourth-order valence-electron chi connectivity index (χ4n) is 3.45. The highest BCUT2D eigenvalue weighted by molar-refractivity contribution is 9.10. The first-order chi connectivity index (χ1) is 13.2. The Kier molecular flexibility index (Phi) is 5.59. The summed E-state index contributed by atoms with van der Waals surface area (Å²) in [6.07, 6.45) is 5.14. The van der Waals surface area contributed by atoms with Crippen LogP contribution in [-0.4, -0.2) is 6.30 Å². The highest BCUT2D eigenvalue weighted by Crippen LogP contribution is 2.33. The molecule has 0 saturated heterocycles. The fourth-order valence-corrected chi connectivity index (χ4v) is 4.83. The zero-order valence-electron chi connectivity index (χ0n) is 14.6. The standard InChI is InChI=1S/C24H17Br2P/c1-27-24-19(13-16-7-10-20(25)11-8-16)14-18-9-12-21(26)15-22(18)23(24)17-5-3-2-4-6-17/h2-12,14-15H,1,13H2. The van der Waals surface area contributed by atoms with Crippen molar-refractivity contribution in [1.82, 2.24) is 0 Å². The molecule has 0 fully saturated rings. The van der Waals surface area contributed by atoms with Crippen LogP contribution in [0.15, 0.2) is 87.8 Å². The zero-order chi connectivity index (χ0) is 18.8. The minimum absolute atomic E-state index is 0.900. The summed E-state index contributed by atoms with van der Waals surface area (Å²) >= 11 is 7.17. The van der Waals surface area contributed by atoms with Crippen LogP contribution in [0.1, 0.15) is 11.1 Å². The quantitative estimate of drug-likeness (QED) is 0.255. The Labute approximate surface area is 178 Å². The third kappa shape index (κ3) is 3.94. The van der Waals surface area contributed by atoms with E-state index >= 15 is 0 Å². The van der Waals surface area contributed by atoms with Crippen molar-refractivity contribution < 1.29 is 0 Å². The van der Waals surface area contributed by atoms with Gasteiger partial charge >= 0.3 is 0 Å². The summed E-state index contributed by atoms with van der Waals surface area (Å²) in [6, 6.07) is 28.1. The normalized spacial score (nSPS) is 11.2. The summed E-state index contributed by atoms with van der Waals surface area (Å²) in [5.41, 5.74) is 5.17. The molecule has 0 spiro atoms. The van der Waals surface area contributed by atoms with E-state index in [4.69, 9.17) is 0 Å². The van der Waals surface area contributed by atoms with Gasteiger partial charge in [-0.25, -0.2) is 0 Å². The molecule has 3 heteroatoms. The molecule has 4 aromatic rings. The monoisotopic (exact) mass is 494 g/mol. The van der Waals surface area contributed by atoms with Gasteiger partial charge in [0.05, 0.1) is 0 Å². The molecule has 0 heterocycles. The van der Waals surface area contributed by atoms with Gasteiger partial charge in [-0.1, -0.05) is 94.9 Å². The number of hydrogen-bond donors (Lipinski definition) is 0. The van der Waals surface area contributed by atoms with Gasteiger partial charge in [0.1, 0.15) is 0 Å². The number of fused-ring (bicyclic) bond motifs is 1. The van der Waals surface area contributed by atoms with Gasteiger partial charge in [-0.3, -0.25) is 0 Å². The van der Waals surface area contributed by atoms with Crippen molar-refractivity contribution in [3.8, 4) is 11.1 Å². The van der Waals surface area contributed by atoms with Gasteiger partial charge in [-0.15, -0.1) is 0 Å². The molecule has 0 aliphatic carbocycles. The Morgan fingerprint density at radius 1 is 0.778 bits per heavy atom. The molecule has 0 unspecified atom stereocenters. The molecule has 4 rings (SSSR count). The molecule has 0 atom stereocenters. The largest absolute Gasteiger partial charge is 0.0754 e. The van der Waals surface area contributed by atoms with Crippen LogP contribution in [0.25, 0.3) is 21.9 Å². The lowest BCUT2D eigenvalue weighted by Crippen LogP contribution is -2.08. The predicted octanol–water partition coefficient (Wildman–Crippen LogP) is 7.63. The van der Waals surface area contributed by atoms with E-state index in [0.717, 1.165) is 23.6 Å². The topological polar surface area (TPSA) is 0 Å². The van der Waals surface area contributed by atoms with E-state index in [9.17, 15) is 0 Å².